The average Bonchev–Trinajstić information content (AvgIpc) is 3.29. The summed E-state index contributed by atoms with van der Waals surface area (Å²) in [4.78, 5) is 0. The van der Waals surface area contributed by atoms with Gasteiger partial charge in [0.25, 0.3) is 0 Å². The first kappa shape index (κ1) is 31.9. The Hall–Kier alpha value is -0.660. The predicted octanol–water partition coefficient (Wildman–Crippen LogP) is 1.17. The molecule has 3 saturated heterocycles. The molecule has 10 heteroatoms. The molecule has 0 radical (unpaired) electrons. The molecule has 0 spiro atoms. The van der Waals surface area contributed by atoms with Crippen molar-refractivity contribution in [3.8, 4) is 0 Å². The Morgan fingerprint density at radius 3 is 2.36 bits per heavy atom. The summed E-state index contributed by atoms with van der Waals surface area (Å²) in [5.41, 5.74) is -1.88. The second kappa shape index (κ2) is 9.94. The first-order valence-corrected chi connectivity index (χ1v) is 17.1. The maximum absolute atomic E-state index is 13.1. The molecule has 10 nitrogen and oxygen atoms in total. The number of aliphatic hydroxyl groups excluding tert-OH is 5. The zero-order chi connectivity index (χ0) is 31.8. The molecule has 44 heavy (non-hydrogen) atoms. The molecular weight excluding hydrogens is 566 g/mol. The molecule has 17 atom stereocenters. The number of allylic oxidation sites excluding steroid dienone is 1. The molecule has 3 heterocycles. The van der Waals surface area contributed by atoms with Gasteiger partial charge in [0, 0.05) is 12.8 Å². The van der Waals surface area contributed by atoms with E-state index in [1.165, 1.54) is 5.57 Å². The maximum Gasteiger partial charge on any atom is 0.207 e. The highest BCUT2D eigenvalue weighted by molar-refractivity contribution is 5.28. The van der Waals surface area contributed by atoms with Gasteiger partial charge in [0.15, 0.2) is 6.29 Å². The molecule has 4 aliphatic carbocycles. The number of likely N-dealkylation sites (N-methyl/N-ethyl adjacent to an activating group) is 1. The molecule has 0 aromatic carbocycles. The van der Waals surface area contributed by atoms with Crippen molar-refractivity contribution in [1.29, 1.82) is 0 Å². The second-order valence-corrected chi connectivity index (χ2v) is 17.2. The number of hydrogen-bond donors (Lipinski definition) is 7. The summed E-state index contributed by atoms with van der Waals surface area (Å²) in [5.74, 6) is 0.849. The van der Waals surface area contributed by atoms with Gasteiger partial charge < -0.3 is 45.2 Å². The number of aliphatic hydroxyl groups is 7. The van der Waals surface area contributed by atoms with Crippen LogP contribution in [0, 0.1) is 34.5 Å². The summed E-state index contributed by atoms with van der Waals surface area (Å²) in [6, 6.07) is -0.199. The summed E-state index contributed by atoms with van der Waals surface area (Å²) >= 11 is 0. The fraction of sp³-hybridized carbons (Fsp3) is 0.941. The molecule has 0 aromatic heterocycles. The lowest BCUT2D eigenvalue weighted by Crippen LogP contribution is -2.71. The highest BCUT2D eigenvalue weighted by Crippen LogP contribution is 2.74. The Morgan fingerprint density at radius 2 is 1.66 bits per heavy atom. The van der Waals surface area contributed by atoms with Crippen molar-refractivity contribution < 1.29 is 49.7 Å². The summed E-state index contributed by atoms with van der Waals surface area (Å²) in [6.45, 7) is 8.46. The van der Waals surface area contributed by atoms with Gasteiger partial charge in [-0.3, -0.25) is 4.48 Å². The van der Waals surface area contributed by atoms with E-state index in [0.29, 0.717) is 37.6 Å². The minimum Gasteiger partial charge on any atom is -0.394 e. The number of fused-ring (bicyclic) bond motifs is 9. The lowest BCUT2D eigenvalue weighted by atomic mass is 9.46. The van der Waals surface area contributed by atoms with Gasteiger partial charge in [0.05, 0.1) is 25.7 Å². The van der Waals surface area contributed by atoms with E-state index >= 15 is 0 Å². The van der Waals surface area contributed by atoms with Crippen LogP contribution < -0.4 is 0 Å². The lowest BCUT2D eigenvalue weighted by Gasteiger charge is -2.58. The normalized spacial score (nSPS) is 61.7. The van der Waals surface area contributed by atoms with Gasteiger partial charge in [0.1, 0.15) is 48.2 Å². The summed E-state index contributed by atoms with van der Waals surface area (Å²) in [7, 11) is 2.06. The number of quaternary nitrogens is 1. The third-order valence-corrected chi connectivity index (χ3v) is 14.8. The number of ether oxygens (including phenoxy) is 2. The quantitative estimate of drug-likeness (QED) is 0.181. The molecule has 0 aromatic rings. The molecule has 7 N–H and O–H groups in total. The van der Waals surface area contributed by atoms with Gasteiger partial charge in [-0.25, -0.2) is 0 Å². The van der Waals surface area contributed by atoms with Crippen molar-refractivity contribution in [2.75, 3.05) is 20.2 Å². The fourth-order valence-electron chi connectivity index (χ4n) is 13.0. The molecule has 1 unspecified atom stereocenters. The van der Waals surface area contributed by atoms with Crippen LogP contribution >= 0.6 is 0 Å². The monoisotopic (exact) mass is 622 g/mol. The third-order valence-electron chi connectivity index (χ3n) is 14.8. The molecule has 3 saturated carbocycles. The van der Waals surface area contributed by atoms with Crippen LogP contribution in [0.2, 0.25) is 0 Å². The topological polar surface area (TPSA) is 160 Å². The van der Waals surface area contributed by atoms with E-state index in [2.05, 4.69) is 27.0 Å². The first-order valence-electron chi connectivity index (χ1n) is 17.1. The molecule has 7 aliphatic rings. The Labute approximate surface area is 261 Å². The van der Waals surface area contributed by atoms with E-state index in [0.717, 1.165) is 38.5 Å². The zero-order valence-electron chi connectivity index (χ0n) is 27.1. The Kier molecular flexibility index (Phi) is 7.21. The number of nitrogens with zero attached hydrogens (tertiary/aromatic N) is 1. The standard InChI is InChI=1S/C34H56NO9/c1-30(44-28-27(40)26(39)25(38)23(16-36)43-28)11-10-24-33(4,41)29-32(3)13-9-21-20(22(32)15-34(29,42)35(24,5)17-30)7-6-18-14-19(37)8-12-31(18,21)2/h6,19-29,36-42H,7-17H2,1-5H3/q+1/t19-,20+,21-,22-,23+,24+,25+,26-,27+,28-,29-,30+,31-,32-,33-,34+,35?/m0/s1. The second-order valence-electron chi connectivity index (χ2n) is 17.2. The van der Waals surface area contributed by atoms with Gasteiger partial charge in [-0.2, -0.15) is 0 Å². The van der Waals surface area contributed by atoms with Crippen LogP contribution in [-0.2, 0) is 9.47 Å². The van der Waals surface area contributed by atoms with Crippen molar-refractivity contribution in [3.05, 3.63) is 11.6 Å². The summed E-state index contributed by atoms with van der Waals surface area (Å²) < 4.78 is 12.4. The Bertz CT molecular complexity index is 1200. The number of piperidine rings is 1. The fourth-order valence-corrected chi connectivity index (χ4v) is 13.0. The molecule has 250 valence electrons. The maximum atomic E-state index is 13.1. The van der Waals surface area contributed by atoms with Gasteiger partial charge in [0.2, 0.25) is 5.72 Å². The van der Waals surface area contributed by atoms with Gasteiger partial charge in [-0.15, -0.1) is 0 Å². The van der Waals surface area contributed by atoms with E-state index in [-0.39, 0.29) is 39.3 Å². The van der Waals surface area contributed by atoms with Crippen LogP contribution in [0.3, 0.4) is 0 Å². The van der Waals surface area contributed by atoms with Crippen LogP contribution in [0.4, 0.5) is 0 Å². The van der Waals surface area contributed by atoms with Crippen LogP contribution in [0.25, 0.3) is 0 Å². The minimum absolute atomic E-state index is 0.0796. The van der Waals surface area contributed by atoms with Crippen LogP contribution in [0.15, 0.2) is 11.6 Å². The van der Waals surface area contributed by atoms with E-state index in [9.17, 15) is 35.7 Å². The van der Waals surface area contributed by atoms with E-state index < -0.39 is 54.2 Å². The Balaban J connectivity index is 1.20. The van der Waals surface area contributed by atoms with E-state index in [1.54, 1.807) is 0 Å². The minimum atomic E-state index is -1.53. The predicted molar refractivity (Wildman–Crippen MR) is 159 cm³/mol. The van der Waals surface area contributed by atoms with Crippen molar-refractivity contribution in [2.24, 2.45) is 34.5 Å². The van der Waals surface area contributed by atoms with Crippen molar-refractivity contribution in [3.63, 3.8) is 0 Å². The average molecular weight is 623 g/mol. The Morgan fingerprint density at radius 1 is 0.932 bits per heavy atom. The SMILES string of the molecule is C[C@@]1(O[C@@H]2O[C@H](CO)[C@@H](O)[C@H](O)[C@H]2O)CC[C@@H]2[C@](C)(O)[C@@H]3[C@@]4(C)CC[C@H]5[C@@H](CC=C6C[C@@H](O)CC[C@@]65C)[C@@H]4C[C@]3(O)[N+]2(C)C1. The van der Waals surface area contributed by atoms with Crippen LogP contribution in [-0.4, -0.2) is 120 Å². The molecule has 0 bridgehead atoms. The summed E-state index contributed by atoms with van der Waals surface area (Å²) in [5, 5.41) is 77.2. The lowest BCUT2D eigenvalue weighted by molar-refractivity contribution is -1.00. The zero-order valence-corrected chi connectivity index (χ0v) is 27.1. The van der Waals surface area contributed by atoms with Crippen molar-refractivity contribution in [2.45, 2.75) is 145 Å². The van der Waals surface area contributed by atoms with Gasteiger partial charge in [-0.1, -0.05) is 25.5 Å². The molecule has 6 fully saturated rings. The van der Waals surface area contributed by atoms with Crippen LogP contribution in [0.5, 0.6) is 0 Å². The smallest absolute Gasteiger partial charge is 0.207 e. The third kappa shape index (κ3) is 4.02. The van der Waals surface area contributed by atoms with E-state index in [1.807, 2.05) is 13.8 Å². The summed E-state index contributed by atoms with van der Waals surface area (Å²) in [6.07, 6.45) is 2.71. The molecule has 0 amide bonds. The molecular formula is C34H56NO9+. The molecule has 7 rings (SSSR count). The van der Waals surface area contributed by atoms with E-state index in [4.69, 9.17) is 9.47 Å². The van der Waals surface area contributed by atoms with Gasteiger partial charge in [-0.05, 0) is 87.4 Å². The largest absolute Gasteiger partial charge is 0.394 e. The highest BCUT2D eigenvalue weighted by Gasteiger charge is 2.83. The van der Waals surface area contributed by atoms with Gasteiger partial charge >= 0.3 is 0 Å². The van der Waals surface area contributed by atoms with Crippen LogP contribution in [0.1, 0.15) is 85.5 Å². The number of rotatable bonds is 3. The number of hydrogen-bond acceptors (Lipinski definition) is 9. The highest BCUT2D eigenvalue weighted by atomic mass is 16.7. The molecule has 3 aliphatic heterocycles. The van der Waals surface area contributed by atoms with Crippen molar-refractivity contribution >= 4 is 0 Å². The first-order chi connectivity index (χ1) is 20.4. The van der Waals surface area contributed by atoms with Crippen molar-refractivity contribution in [1.82, 2.24) is 0 Å².